The Bertz CT molecular complexity index is 1160. The van der Waals surface area contributed by atoms with Crippen LogP contribution in [0.5, 0.6) is 0 Å². The van der Waals surface area contributed by atoms with Crippen molar-refractivity contribution in [1.29, 1.82) is 0 Å². The highest BCUT2D eigenvalue weighted by Crippen LogP contribution is 2.21. The van der Waals surface area contributed by atoms with Gasteiger partial charge in [0, 0.05) is 43.5 Å². The number of hydrogen-bond donors (Lipinski definition) is 4. The van der Waals surface area contributed by atoms with E-state index >= 15 is 0 Å². The fourth-order valence-corrected chi connectivity index (χ4v) is 4.66. The van der Waals surface area contributed by atoms with Crippen LogP contribution in [-0.2, 0) is 28.4 Å². The van der Waals surface area contributed by atoms with Crippen LogP contribution in [-0.4, -0.2) is 44.4 Å². The number of H-pyrrole nitrogens is 1. The maximum atomic E-state index is 12.5. The van der Waals surface area contributed by atoms with Crippen LogP contribution in [0.4, 0.5) is 0 Å². The molecule has 3 aromatic rings. The summed E-state index contributed by atoms with van der Waals surface area (Å²) >= 11 is 0. The first kappa shape index (κ1) is 25.6. The molecule has 2 aromatic carbocycles. The predicted molar refractivity (Wildman–Crippen MR) is 133 cm³/mol. The highest BCUT2D eigenvalue weighted by molar-refractivity contribution is 7.89. The second-order valence-electron chi connectivity index (χ2n) is 8.64. The lowest BCUT2D eigenvalue weighted by Crippen LogP contribution is -2.37. The summed E-state index contributed by atoms with van der Waals surface area (Å²) in [7, 11) is -2.11. The lowest BCUT2D eigenvalue weighted by molar-refractivity contribution is 0.0963. The van der Waals surface area contributed by atoms with Crippen molar-refractivity contribution in [3.8, 4) is 0 Å². The van der Waals surface area contributed by atoms with Gasteiger partial charge in [-0.1, -0.05) is 24.3 Å². The fourth-order valence-electron chi connectivity index (χ4n) is 3.62. The van der Waals surface area contributed by atoms with E-state index in [0.717, 1.165) is 30.8 Å². The third-order valence-corrected chi connectivity index (χ3v) is 7.22. The maximum absolute atomic E-state index is 12.5. The molecule has 0 aliphatic carbocycles. The Balaban J connectivity index is 1.47. The highest BCUT2D eigenvalue weighted by Gasteiger charge is 2.19. The molecule has 0 atom stereocenters. The zero-order chi connectivity index (χ0) is 24.6. The number of aromatic amines is 1. The normalized spacial score (nSPS) is 12.0. The summed E-state index contributed by atoms with van der Waals surface area (Å²) in [5.41, 5.74) is 2.46. The topological polar surface area (TPSA) is 116 Å². The van der Waals surface area contributed by atoms with E-state index in [1.54, 1.807) is 6.20 Å². The molecule has 1 amide bonds. The molecule has 0 bridgehead atoms. The van der Waals surface area contributed by atoms with Gasteiger partial charge in [-0.15, -0.1) is 0 Å². The third kappa shape index (κ3) is 6.99. The number of sulfonamides is 1. The van der Waals surface area contributed by atoms with Crippen molar-refractivity contribution in [2.24, 2.45) is 0 Å². The Morgan fingerprint density at radius 3 is 2.32 bits per heavy atom. The van der Waals surface area contributed by atoms with Gasteiger partial charge in [0.1, 0.15) is 5.82 Å². The van der Waals surface area contributed by atoms with Gasteiger partial charge >= 0.3 is 0 Å². The minimum atomic E-state index is -3.64. The maximum Gasteiger partial charge on any atom is 0.251 e. The Kier molecular flexibility index (Phi) is 8.60. The van der Waals surface area contributed by atoms with Crippen LogP contribution in [0.2, 0.25) is 0 Å². The number of aryl methyl sites for hydroxylation is 1. The number of benzene rings is 2. The third-order valence-electron chi connectivity index (χ3n) is 5.75. The molecule has 4 N–H and O–H groups in total. The number of carbonyl (C=O) groups is 1. The molecule has 0 spiro atoms. The minimum absolute atomic E-state index is 0.135. The summed E-state index contributed by atoms with van der Waals surface area (Å²) in [5, 5.41) is 6.11. The summed E-state index contributed by atoms with van der Waals surface area (Å²) in [5.74, 6) is 0.744. The van der Waals surface area contributed by atoms with E-state index < -0.39 is 10.0 Å². The van der Waals surface area contributed by atoms with Gasteiger partial charge in [-0.2, -0.15) is 0 Å². The molecule has 34 heavy (non-hydrogen) atoms. The largest absolute Gasteiger partial charge is 0.355 e. The molecule has 0 saturated heterocycles. The average molecular weight is 484 g/mol. The van der Waals surface area contributed by atoms with Crippen LogP contribution in [0.1, 0.15) is 47.6 Å². The molecule has 182 valence electrons. The van der Waals surface area contributed by atoms with Crippen LogP contribution < -0.4 is 15.4 Å². The number of hydrogen-bond acceptors (Lipinski definition) is 5. The average Bonchev–Trinajstić information content (AvgIpc) is 3.35. The van der Waals surface area contributed by atoms with Crippen molar-refractivity contribution >= 4 is 15.9 Å². The first-order valence-corrected chi connectivity index (χ1v) is 12.8. The van der Waals surface area contributed by atoms with Crippen molar-refractivity contribution < 1.29 is 13.2 Å². The van der Waals surface area contributed by atoms with Crippen molar-refractivity contribution in [2.45, 2.75) is 43.5 Å². The quantitative estimate of drug-likeness (QED) is 0.296. The van der Waals surface area contributed by atoms with E-state index in [9.17, 15) is 13.2 Å². The van der Waals surface area contributed by atoms with Crippen molar-refractivity contribution in [3.05, 3.63) is 83.4 Å². The number of aromatic nitrogens is 2. The Labute approximate surface area is 201 Å². The van der Waals surface area contributed by atoms with Gasteiger partial charge in [0.2, 0.25) is 10.0 Å². The second-order valence-corrected chi connectivity index (χ2v) is 10.4. The lowest BCUT2D eigenvalue weighted by Gasteiger charge is -2.27. The smallest absolute Gasteiger partial charge is 0.251 e. The molecule has 0 radical (unpaired) electrons. The summed E-state index contributed by atoms with van der Waals surface area (Å²) in [4.78, 5) is 19.1. The monoisotopic (exact) mass is 483 g/mol. The Morgan fingerprint density at radius 1 is 1.00 bits per heavy atom. The summed E-state index contributed by atoms with van der Waals surface area (Å²) in [6.07, 6.45) is 6.08. The molecule has 3 rings (SSSR count). The van der Waals surface area contributed by atoms with Crippen LogP contribution in [0, 0.1) is 0 Å². The van der Waals surface area contributed by atoms with Gasteiger partial charge in [-0.3, -0.25) is 4.79 Å². The summed E-state index contributed by atoms with van der Waals surface area (Å²) in [6.45, 7) is 5.46. The zero-order valence-electron chi connectivity index (χ0n) is 19.9. The minimum Gasteiger partial charge on any atom is -0.355 e. The van der Waals surface area contributed by atoms with Gasteiger partial charge in [0.25, 0.3) is 5.91 Å². The number of carbonyl (C=O) groups excluding carboxylic acids is 1. The molecular formula is C25H33N5O3S. The first-order chi connectivity index (χ1) is 16.2. The molecular weight excluding hydrogens is 450 g/mol. The Morgan fingerprint density at radius 2 is 1.71 bits per heavy atom. The first-order valence-electron chi connectivity index (χ1n) is 11.4. The van der Waals surface area contributed by atoms with E-state index in [2.05, 4.69) is 51.3 Å². The molecule has 0 unspecified atom stereocenters. The molecule has 0 aliphatic rings. The number of nitrogens with one attached hydrogen (secondary N) is 4. The molecule has 0 aliphatic heterocycles. The lowest BCUT2D eigenvalue weighted by atomic mass is 9.93. The van der Waals surface area contributed by atoms with Crippen molar-refractivity contribution in [2.75, 3.05) is 20.1 Å². The van der Waals surface area contributed by atoms with Gasteiger partial charge < -0.3 is 15.6 Å². The summed E-state index contributed by atoms with van der Waals surface area (Å²) in [6, 6.07) is 14.1. The molecule has 8 nitrogen and oxygen atoms in total. The van der Waals surface area contributed by atoms with Crippen LogP contribution in [0.15, 0.2) is 65.8 Å². The second kappa shape index (κ2) is 11.4. The number of amides is 1. The van der Waals surface area contributed by atoms with Gasteiger partial charge in [0.15, 0.2) is 0 Å². The molecule has 1 heterocycles. The summed E-state index contributed by atoms with van der Waals surface area (Å²) < 4.78 is 27.7. The van der Waals surface area contributed by atoms with Gasteiger partial charge in [0.05, 0.1) is 4.90 Å². The fraction of sp³-hybridized carbons (Fsp3) is 0.360. The SMILES string of the molecule is CNC(=O)c1ccc(S(=O)(=O)NCCc2ccc(C(C)(C)NCCCc3ncc[nH]3)cc2)cc1. The predicted octanol–water partition coefficient (Wildman–Crippen LogP) is 2.75. The van der Waals surface area contributed by atoms with Gasteiger partial charge in [-0.25, -0.2) is 18.1 Å². The Hall–Kier alpha value is -3.01. The number of rotatable bonds is 12. The molecule has 0 fully saturated rings. The molecule has 9 heteroatoms. The molecule has 1 aromatic heterocycles. The van der Waals surface area contributed by atoms with Crippen LogP contribution in [0.25, 0.3) is 0 Å². The van der Waals surface area contributed by atoms with E-state index in [-0.39, 0.29) is 22.9 Å². The van der Waals surface area contributed by atoms with Crippen molar-refractivity contribution in [1.82, 2.24) is 25.3 Å². The van der Waals surface area contributed by atoms with E-state index in [1.165, 1.54) is 36.9 Å². The number of imidazole rings is 1. The molecule has 0 saturated carbocycles. The van der Waals surface area contributed by atoms with Crippen molar-refractivity contribution in [3.63, 3.8) is 0 Å². The van der Waals surface area contributed by atoms with Crippen LogP contribution >= 0.6 is 0 Å². The van der Waals surface area contributed by atoms with Crippen LogP contribution in [0.3, 0.4) is 0 Å². The highest BCUT2D eigenvalue weighted by atomic mass is 32.2. The van der Waals surface area contributed by atoms with E-state index in [4.69, 9.17) is 0 Å². The van der Waals surface area contributed by atoms with E-state index in [1.807, 2.05) is 18.3 Å². The number of nitrogens with zero attached hydrogens (tertiary/aromatic N) is 1. The zero-order valence-corrected chi connectivity index (χ0v) is 20.7. The standard InChI is InChI=1S/C25H33N5O3S/c1-25(2,29-15-4-5-23-27-17-18-28-23)21-10-6-19(7-11-21)14-16-30-34(32,33)22-12-8-20(9-13-22)24(31)26-3/h6-13,17-18,29-30H,4-5,14-16H2,1-3H3,(H,26,31)(H,27,28). The van der Waals surface area contributed by atoms with E-state index in [0.29, 0.717) is 12.0 Å². The van der Waals surface area contributed by atoms with Gasteiger partial charge in [-0.05, 0) is 68.6 Å².